The first kappa shape index (κ1) is 11.1. The van der Waals surface area contributed by atoms with E-state index in [-0.39, 0.29) is 17.4 Å². The van der Waals surface area contributed by atoms with Gasteiger partial charge in [-0.1, -0.05) is 29.0 Å². The van der Waals surface area contributed by atoms with E-state index in [0.29, 0.717) is 10.1 Å². The summed E-state index contributed by atoms with van der Waals surface area (Å²) in [5.74, 6) is -0.497. The molecule has 0 unspecified atom stereocenters. The zero-order valence-corrected chi connectivity index (χ0v) is 9.56. The molecule has 16 heavy (non-hydrogen) atoms. The Balaban J connectivity index is 2.07. The first-order valence-electron chi connectivity index (χ1n) is 4.31. The maximum Gasteiger partial charge on any atom is 0.203 e. The van der Waals surface area contributed by atoms with Crippen molar-refractivity contribution in [3.63, 3.8) is 0 Å². The van der Waals surface area contributed by atoms with Crippen LogP contribution >= 0.6 is 22.9 Å². The van der Waals surface area contributed by atoms with Crippen LogP contribution in [0, 0.1) is 5.82 Å². The SMILES string of the molecule is Nc1nnc(COc2cccc(Cl)c2F)s1. The number of hydrogen-bond acceptors (Lipinski definition) is 5. The van der Waals surface area contributed by atoms with Gasteiger partial charge in [-0.05, 0) is 12.1 Å². The predicted molar refractivity (Wildman–Crippen MR) is 60.1 cm³/mol. The van der Waals surface area contributed by atoms with Crippen molar-refractivity contribution in [1.82, 2.24) is 10.2 Å². The van der Waals surface area contributed by atoms with E-state index in [1.807, 2.05) is 0 Å². The summed E-state index contributed by atoms with van der Waals surface area (Å²) < 4.78 is 18.6. The Bertz CT molecular complexity index is 505. The molecule has 1 aromatic carbocycles. The Morgan fingerprint density at radius 1 is 1.44 bits per heavy atom. The van der Waals surface area contributed by atoms with Crippen molar-refractivity contribution in [2.24, 2.45) is 0 Å². The molecule has 0 fully saturated rings. The van der Waals surface area contributed by atoms with Crippen LogP contribution in [0.2, 0.25) is 5.02 Å². The Morgan fingerprint density at radius 3 is 2.94 bits per heavy atom. The van der Waals surface area contributed by atoms with E-state index in [1.165, 1.54) is 23.5 Å². The molecule has 0 atom stereocenters. The molecule has 0 spiro atoms. The summed E-state index contributed by atoms with van der Waals surface area (Å²) in [4.78, 5) is 0. The number of nitrogens with two attached hydrogens (primary N) is 1. The van der Waals surface area contributed by atoms with E-state index in [4.69, 9.17) is 22.1 Å². The third kappa shape index (κ3) is 2.40. The molecule has 0 saturated carbocycles. The third-order valence-corrected chi connectivity index (χ3v) is 2.77. The molecule has 0 aliphatic carbocycles. The Morgan fingerprint density at radius 2 is 2.25 bits per heavy atom. The van der Waals surface area contributed by atoms with Crippen LogP contribution in [0.4, 0.5) is 9.52 Å². The molecular weight excluding hydrogens is 253 g/mol. The van der Waals surface area contributed by atoms with Crippen molar-refractivity contribution in [3.05, 3.63) is 34.0 Å². The second kappa shape index (κ2) is 4.63. The molecule has 0 amide bonds. The number of hydrogen-bond donors (Lipinski definition) is 1. The lowest BCUT2D eigenvalue weighted by Crippen LogP contribution is -1.97. The van der Waals surface area contributed by atoms with Crippen LogP contribution < -0.4 is 10.5 Å². The highest BCUT2D eigenvalue weighted by Gasteiger charge is 2.08. The van der Waals surface area contributed by atoms with Gasteiger partial charge in [-0.3, -0.25) is 0 Å². The average Bonchev–Trinajstić information content (AvgIpc) is 2.67. The van der Waals surface area contributed by atoms with Gasteiger partial charge in [-0.15, -0.1) is 10.2 Å². The quantitative estimate of drug-likeness (QED) is 0.920. The van der Waals surface area contributed by atoms with Gasteiger partial charge >= 0.3 is 0 Å². The molecule has 0 aliphatic rings. The number of ether oxygens (including phenoxy) is 1. The van der Waals surface area contributed by atoms with Crippen molar-refractivity contribution in [1.29, 1.82) is 0 Å². The highest BCUT2D eigenvalue weighted by molar-refractivity contribution is 7.15. The minimum atomic E-state index is -0.582. The first-order valence-corrected chi connectivity index (χ1v) is 5.51. The van der Waals surface area contributed by atoms with Gasteiger partial charge in [-0.2, -0.15) is 0 Å². The van der Waals surface area contributed by atoms with Gasteiger partial charge in [-0.25, -0.2) is 4.39 Å². The molecule has 2 aromatic rings. The molecule has 0 radical (unpaired) electrons. The predicted octanol–water partition coefficient (Wildman–Crippen LogP) is 2.49. The maximum absolute atomic E-state index is 13.4. The summed E-state index contributed by atoms with van der Waals surface area (Å²) in [5.41, 5.74) is 5.40. The van der Waals surface area contributed by atoms with Crippen molar-refractivity contribution in [3.8, 4) is 5.75 Å². The number of benzene rings is 1. The number of nitrogen functional groups attached to an aromatic ring is 1. The smallest absolute Gasteiger partial charge is 0.203 e. The van der Waals surface area contributed by atoms with Crippen molar-refractivity contribution >= 4 is 28.1 Å². The average molecular weight is 260 g/mol. The molecular formula is C9H7ClFN3OS. The summed E-state index contributed by atoms with van der Waals surface area (Å²) in [5, 5.41) is 8.32. The lowest BCUT2D eigenvalue weighted by Gasteiger charge is -2.05. The van der Waals surface area contributed by atoms with Crippen LogP contribution in [0.25, 0.3) is 0 Å². The first-order chi connectivity index (χ1) is 7.66. The number of anilines is 1. The molecule has 0 saturated heterocycles. The molecule has 1 heterocycles. The maximum atomic E-state index is 13.4. The van der Waals surface area contributed by atoms with Gasteiger partial charge in [0.15, 0.2) is 16.6 Å². The van der Waals surface area contributed by atoms with E-state index < -0.39 is 5.82 Å². The summed E-state index contributed by atoms with van der Waals surface area (Å²) in [7, 11) is 0. The Hall–Kier alpha value is -1.40. The highest BCUT2D eigenvalue weighted by atomic mass is 35.5. The van der Waals surface area contributed by atoms with E-state index in [1.54, 1.807) is 6.07 Å². The fourth-order valence-electron chi connectivity index (χ4n) is 1.06. The second-order valence-corrected chi connectivity index (χ2v) is 4.38. The fraction of sp³-hybridized carbons (Fsp3) is 0.111. The van der Waals surface area contributed by atoms with Crippen LogP contribution in [0.1, 0.15) is 5.01 Å². The van der Waals surface area contributed by atoms with E-state index >= 15 is 0 Å². The molecule has 0 aliphatic heterocycles. The lowest BCUT2D eigenvalue weighted by atomic mass is 10.3. The summed E-state index contributed by atoms with van der Waals surface area (Å²) >= 11 is 6.79. The standard InChI is InChI=1S/C9H7ClFN3OS/c10-5-2-1-3-6(8(5)11)15-4-7-13-14-9(12)16-7/h1-3H,4H2,(H2,12,14). The molecule has 2 N–H and O–H groups in total. The second-order valence-electron chi connectivity index (χ2n) is 2.87. The van der Waals surface area contributed by atoms with Gasteiger partial charge < -0.3 is 10.5 Å². The zero-order chi connectivity index (χ0) is 11.5. The Kier molecular flexibility index (Phi) is 3.21. The fourth-order valence-corrected chi connectivity index (χ4v) is 1.75. The number of rotatable bonds is 3. The van der Waals surface area contributed by atoms with Crippen LogP contribution in [0.15, 0.2) is 18.2 Å². The van der Waals surface area contributed by atoms with Crippen LogP contribution in [0.5, 0.6) is 5.75 Å². The number of halogens is 2. The summed E-state index contributed by atoms with van der Waals surface area (Å²) in [6, 6.07) is 4.55. The molecule has 84 valence electrons. The minimum absolute atomic E-state index is 0.0225. The Labute approximate surface area is 99.8 Å². The normalized spacial score (nSPS) is 10.4. The van der Waals surface area contributed by atoms with E-state index in [9.17, 15) is 4.39 Å². The summed E-state index contributed by atoms with van der Waals surface area (Å²) in [6.07, 6.45) is 0. The van der Waals surface area contributed by atoms with Crippen molar-refractivity contribution in [2.75, 3.05) is 5.73 Å². The molecule has 0 bridgehead atoms. The zero-order valence-electron chi connectivity index (χ0n) is 7.98. The molecule has 7 heteroatoms. The van der Waals surface area contributed by atoms with Crippen LogP contribution in [0.3, 0.4) is 0 Å². The third-order valence-electron chi connectivity index (χ3n) is 1.75. The minimum Gasteiger partial charge on any atom is -0.483 e. The highest BCUT2D eigenvalue weighted by Crippen LogP contribution is 2.25. The molecule has 1 aromatic heterocycles. The van der Waals surface area contributed by atoms with Gasteiger partial charge in [0, 0.05) is 0 Å². The van der Waals surface area contributed by atoms with E-state index in [2.05, 4.69) is 10.2 Å². The summed E-state index contributed by atoms with van der Waals surface area (Å²) in [6.45, 7) is 0.117. The topological polar surface area (TPSA) is 61.0 Å². The van der Waals surface area contributed by atoms with Gasteiger partial charge in [0.05, 0.1) is 5.02 Å². The van der Waals surface area contributed by atoms with Gasteiger partial charge in [0.1, 0.15) is 6.61 Å². The van der Waals surface area contributed by atoms with Crippen LogP contribution in [-0.2, 0) is 6.61 Å². The monoisotopic (exact) mass is 259 g/mol. The van der Waals surface area contributed by atoms with Crippen molar-refractivity contribution < 1.29 is 9.13 Å². The van der Waals surface area contributed by atoms with Gasteiger partial charge in [0.25, 0.3) is 0 Å². The number of nitrogens with zero attached hydrogens (tertiary/aromatic N) is 2. The van der Waals surface area contributed by atoms with Crippen LogP contribution in [-0.4, -0.2) is 10.2 Å². The number of aromatic nitrogens is 2. The van der Waals surface area contributed by atoms with Crippen molar-refractivity contribution in [2.45, 2.75) is 6.61 Å². The molecule has 2 rings (SSSR count). The lowest BCUT2D eigenvalue weighted by molar-refractivity contribution is 0.289. The van der Waals surface area contributed by atoms with E-state index in [0.717, 1.165) is 0 Å². The largest absolute Gasteiger partial charge is 0.483 e. The van der Waals surface area contributed by atoms with Gasteiger partial charge in [0.2, 0.25) is 5.13 Å². The molecule has 4 nitrogen and oxygen atoms in total.